The van der Waals surface area contributed by atoms with Gasteiger partial charge in [0.2, 0.25) is 11.4 Å². The lowest BCUT2D eigenvalue weighted by molar-refractivity contribution is -0.669. The van der Waals surface area contributed by atoms with Crippen LogP contribution in [0.3, 0.4) is 0 Å². The molecule has 0 radical (unpaired) electrons. The number of aliphatic carboxylic acids is 2. The second-order valence-electron chi connectivity index (χ2n) is 13.0. The minimum Gasteiger partial charge on any atom is -0.550 e. The predicted octanol–water partition coefficient (Wildman–Crippen LogP) is 8.34. The molecule has 1 N–H and O–H groups in total. The maximum Gasteiger partial charge on any atom is 0.305 e. The number of methoxy groups -OCH3 is 1. The lowest BCUT2D eigenvalue weighted by Gasteiger charge is -2.19. The minimum atomic E-state index is -1.01. The van der Waals surface area contributed by atoms with Gasteiger partial charge < -0.3 is 29.4 Å². The Morgan fingerprint density at radius 1 is 1.08 bits per heavy atom. The van der Waals surface area contributed by atoms with E-state index in [1.165, 1.54) is 11.1 Å². The number of benzene rings is 3. The summed E-state index contributed by atoms with van der Waals surface area (Å²) in [7, 11) is 1.61. The number of carbonyl (C=O) groups excluding carboxylic acids is 1. The first-order chi connectivity index (χ1) is 24.7. The summed E-state index contributed by atoms with van der Waals surface area (Å²) in [6.45, 7) is 3.28. The van der Waals surface area contributed by atoms with Crippen molar-refractivity contribution in [1.82, 2.24) is 0 Å². The van der Waals surface area contributed by atoms with Gasteiger partial charge in [0.25, 0.3) is 5.01 Å². The Balaban J connectivity index is 1.26. The van der Waals surface area contributed by atoms with E-state index in [4.69, 9.17) is 21.1 Å². The Morgan fingerprint density at radius 2 is 1.90 bits per heavy atom. The van der Waals surface area contributed by atoms with E-state index in [0.717, 1.165) is 64.3 Å². The molecule has 1 atom stereocenters. The van der Waals surface area contributed by atoms with Crippen LogP contribution in [-0.4, -0.2) is 30.7 Å². The van der Waals surface area contributed by atoms with Gasteiger partial charge in [0, 0.05) is 37.1 Å². The molecule has 8 nitrogen and oxygen atoms in total. The number of halogens is 1. The molecule has 4 aromatic rings. The van der Waals surface area contributed by atoms with Crippen molar-refractivity contribution in [1.29, 1.82) is 0 Å². The van der Waals surface area contributed by atoms with Gasteiger partial charge in [-0.1, -0.05) is 84.5 Å². The first-order valence-corrected chi connectivity index (χ1v) is 18.4. The predicted molar refractivity (Wildman–Crippen MR) is 201 cm³/mol. The Hall–Kier alpha value is -4.86. The SMILES string of the molecule is COc1cc2sc(/C=C3C=C(/C=C/C=C4\Oc5ccc(-c6ccccc6)cc5N4CCC(=O)O)CC(C)C/3)[n+](CCCCCC(=O)[O-])c2cc1Cl. The molecule has 6 rings (SSSR count). The third-order valence-electron chi connectivity index (χ3n) is 9.05. The van der Waals surface area contributed by atoms with Crippen molar-refractivity contribution in [3.63, 3.8) is 0 Å². The fraction of sp³-hybridized carbons (Fsp3) is 0.293. The van der Waals surface area contributed by atoms with Gasteiger partial charge in [-0.2, -0.15) is 4.57 Å². The molecule has 1 aromatic heterocycles. The summed E-state index contributed by atoms with van der Waals surface area (Å²) in [6.07, 6.45) is 14.6. The van der Waals surface area contributed by atoms with Crippen LogP contribution >= 0.6 is 22.9 Å². The highest BCUT2D eigenvalue weighted by Crippen LogP contribution is 2.42. The van der Waals surface area contributed by atoms with Gasteiger partial charge in [-0.25, -0.2) is 0 Å². The van der Waals surface area contributed by atoms with Crippen molar-refractivity contribution in [3.05, 3.63) is 112 Å². The molecular formula is C41H41ClN2O6S. The molecule has 2 aliphatic rings. The summed E-state index contributed by atoms with van der Waals surface area (Å²) in [4.78, 5) is 24.4. The number of allylic oxidation sites excluding steroid dienone is 6. The minimum absolute atomic E-state index is 0.0211. The van der Waals surface area contributed by atoms with Crippen LogP contribution in [0.25, 0.3) is 27.4 Å². The largest absolute Gasteiger partial charge is 0.550 e. The van der Waals surface area contributed by atoms with Crippen molar-refractivity contribution in [2.24, 2.45) is 5.92 Å². The van der Waals surface area contributed by atoms with Crippen molar-refractivity contribution < 1.29 is 33.8 Å². The molecule has 0 amide bonds. The van der Waals surface area contributed by atoms with Crippen molar-refractivity contribution in [2.45, 2.75) is 58.4 Å². The van der Waals surface area contributed by atoms with Gasteiger partial charge in [-0.05, 0) is 78.5 Å². The molecule has 3 aromatic carbocycles. The van der Waals surface area contributed by atoms with Crippen LogP contribution < -0.4 is 24.0 Å². The van der Waals surface area contributed by atoms with Crippen LogP contribution in [-0.2, 0) is 16.1 Å². The van der Waals surface area contributed by atoms with E-state index >= 15 is 0 Å². The van der Waals surface area contributed by atoms with Crippen LogP contribution in [0.1, 0.15) is 56.9 Å². The molecule has 0 fully saturated rings. The van der Waals surface area contributed by atoms with Crippen molar-refractivity contribution >= 4 is 56.9 Å². The number of carbonyl (C=O) groups is 2. The number of aromatic nitrogens is 1. The molecule has 0 saturated carbocycles. The summed E-state index contributed by atoms with van der Waals surface area (Å²) < 4.78 is 15.1. The summed E-state index contributed by atoms with van der Waals surface area (Å²) in [5.74, 6) is 0.479. The first kappa shape index (κ1) is 35.9. The Labute approximate surface area is 307 Å². The fourth-order valence-electron chi connectivity index (χ4n) is 6.65. The Morgan fingerprint density at radius 3 is 2.67 bits per heavy atom. The van der Waals surface area contributed by atoms with Gasteiger partial charge in [0.1, 0.15) is 10.4 Å². The lowest BCUT2D eigenvalue weighted by Crippen LogP contribution is -2.35. The van der Waals surface area contributed by atoms with Crippen LogP contribution in [0.4, 0.5) is 5.69 Å². The third kappa shape index (κ3) is 8.90. The molecule has 0 spiro atoms. The van der Waals surface area contributed by atoms with Crippen LogP contribution in [0.15, 0.2) is 102 Å². The van der Waals surface area contributed by atoms with E-state index in [0.29, 0.717) is 34.7 Å². The highest BCUT2D eigenvalue weighted by atomic mass is 35.5. The number of fused-ring (bicyclic) bond motifs is 2. The molecule has 1 aliphatic heterocycles. The van der Waals surface area contributed by atoms with E-state index in [1.54, 1.807) is 18.4 Å². The van der Waals surface area contributed by atoms with Crippen LogP contribution in [0.5, 0.6) is 11.5 Å². The van der Waals surface area contributed by atoms with E-state index in [1.807, 2.05) is 59.5 Å². The maximum absolute atomic E-state index is 11.5. The lowest BCUT2D eigenvalue weighted by atomic mass is 9.86. The molecule has 0 saturated heterocycles. The summed E-state index contributed by atoms with van der Waals surface area (Å²) in [6, 6.07) is 20.0. The number of hydrogen-bond donors (Lipinski definition) is 1. The number of carboxylic acids is 2. The summed E-state index contributed by atoms with van der Waals surface area (Å²) in [5.41, 5.74) is 6.40. The number of thiazole rings is 1. The second kappa shape index (κ2) is 16.4. The summed E-state index contributed by atoms with van der Waals surface area (Å²) in [5, 5.41) is 22.0. The molecule has 264 valence electrons. The molecule has 10 heteroatoms. The van der Waals surface area contributed by atoms with Crippen LogP contribution in [0.2, 0.25) is 5.02 Å². The number of hydrogen-bond acceptors (Lipinski definition) is 7. The number of aryl methyl sites for hydroxylation is 1. The maximum atomic E-state index is 11.5. The number of ether oxygens (including phenoxy) is 2. The van der Waals surface area contributed by atoms with Crippen molar-refractivity contribution in [3.8, 4) is 22.6 Å². The number of anilines is 1. The number of unbranched alkanes of at least 4 members (excludes halogenated alkanes) is 2. The number of nitrogens with zero attached hydrogens (tertiary/aromatic N) is 2. The monoisotopic (exact) mass is 724 g/mol. The quantitative estimate of drug-likeness (QED) is 0.103. The van der Waals surface area contributed by atoms with Gasteiger partial charge in [-0.3, -0.25) is 4.79 Å². The van der Waals surface area contributed by atoms with Crippen LogP contribution in [0, 0.1) is 5.92 Å². The smallest absolute Gasteiger partial charge is 0.305 e. The van der Waals surface area contributed by atoms with E-state index < -0.39 is 11.9 Å². The normalized spacial score (nSPS) is 17.3. The van der Waals surface area contributed by atoms with Gasteiger partial charge >= 0.3 is 5.97 Å². The topological polar surface area (TPSA) is 103 Å². The highest BCUT2D eigenvalue weighted by Gasteiger charge is 2.27. The van der Waals surface area contributed by atoms with Crippen molar-refractivity contribution in [2.75, 3.05) is 18.6 Å². The van der Waals surface area contributed by atoms with E-state index in [9.17, 15) is 19.8 Å². The molecule has 2 heterocycles. The Bertz CT molecular complexity index is 2050. The van der Waals surface area contributed by atoms with E-state index in [2.05, 4.69) is 47.9 Å². The standard InChI is InChI=1S/C41H41ClN2O6S/c1-27-20-28(10-9-13-38-43(19-17-41(47)48)33-24-31(15-16-35(33)50-38)30-11-5-3-6-12-30)22-29(21-27)23-39-44(18-8-4-7-14-40(45)46)34-25-32(42)36(49-2)26-37(34)51-39/h3,5-6,9-13,15-16,22-27H,4,7-8,14,17-21H2,1-2H3,(H-,45,46,47,48). The summed E-state index contributed by atoms with van der Waals surface area (Å²) >= 11 is 8.23. The number of rotatable bonds is 14. The number of carboxylic acid groups (broad SMARTS) is 2. The van der Waals surface area contributed by atoms with Gasteiger partial charge in [-0.15, -0.1) is 0 Å². The van der Waals surface area contributed by atoms with E-state index in [-0.39, 0.29) is 19.4 Å². The van der Waals surface area contributed by atoms with Gasteiger partial charge in [0.05, 0.1) is 24.2 Å². The fourth-order valence-corrected chi connectivity index (χ4v) is 8.06. The molecule has 1 aliphatic carbocycles. The zero-order valence-corrected chi connectivity index (χ0v) is 30.3. The van der Waals surface area contributed by atoms with Gasteiger partial charge in [0.15, 0.2) is 12.3 Å². The molecule has 0 bridgehead atoms. The molecule has 51 heavy (non-hydrogen) atoms. The third-order valence-corrected chi connectivity index (χ3v) is 10.4. The highest BCUT2D eigenvalue weighted by molar-refractivity contribution is 7.18. The average molecular weight is 725 g/mol. The zero-order chi connectivity index (χ0) is 35.9. The zero-order valence-electron chi connectivity index (χ0n) is 28.8. The molecule has 1 unspecified atom stereocenters. The first-order valence-electron chi connectivity index (χ1n) is 17.2. The second-order valence-corrected chi connectivity index (χ2v) is 14.5. The average Bonchev–Trinajstić information content (AvgIpc) is 3.62. The molecular weight excluding hydrogens is 684 g/mol. The Kier molecular flexibility index (Phi) is 11.6.